The summed E-state index contributed by atoms with van der Waals surface area (Å²) in [6.07, 6.45) is 0. The molecule has 0 radical (unpaired) electrons. The molecule has 0 unspecified atom stereocenters. The van der Waals surface area contributed by atoms with Crippen LogP contribution in [0.5, 0.6) is 0 Å². The lowest BCUT2D eigenvalue weighted by atomic mass is 10.1. The second-order valence-electron chi connectivity index (χ2n) is 6.26. The highest BCUT2D eigenvalue weighted by molar-refractivity contribution is 7.99. The highest BCUT2D eigenvalue weighted by atomic mass is 35.5. The van der Waals surface area contributed by atoms with E-state index in [-0.39, 0.29) is 5.82 Å². The Labute approximate surface area is 178 Å². The van der Waals surface area contributed by atoms with Gasteiger partial charge in [0.25, 0.3) is 0 Å². The number of hydrogen-bond acceptors (Lipinski definition) is 5. The van der Waals surface area contributed by atoms with Crippen molar-refractivity contribution in [3.8, 4) is 22.8 Å². The largest absolute Gasteiger partial charge is 0.274 e. The van der Waals surface area contributed by atoms with Crippen LogP contribution in [-0.4, -0.2) is 36.5 Å². The predicted octanol–water partition coefficient (Wildman–Crippen LogP) is 5.14. The van der Waals surface area contributed by atoms with Crippen molar-refractivity contribution in [2.45, 2.75) is 5.16 Å². The average molecular weight is 445 g/mol. The third-order valence-electron chi connectivity index (χ3n) is 4.38. The van der Waals surface area contributed by atoms with E-state index in [1.54, 1.807) is 28.9 Å². The van der Waals surface area contributed by atoms with Crippen LogP contribution >= 0.6 is 35.0 Å². The molecule has 29 heavy (non-hydrogen) atoms. The normalized spacial score (nSPS) is 13.3. The molecule has 0 amide bonds. The summed E-state index contributed by atoms with van der Waals surface area (Å²) < 4.78 is 14.8. The van der Waals surface area contributed by atoms with Gasteiger partial charge in [0, 0.05) is 16.9 Å². The first-order chi connectivity index (χ1) is 14.1. The lowest BCUT2D eigenvalue weighted by Crippen LogP contribution is -2.13. The second-order valence-corrected chi connectivity index (χ2v) is 8.01. The summed E-state index contributed by atoms with van der Waals surface area (Å²) in [6.45, 7) is 0. The summed E-state index contributed by atoms with van der Waals surface area (Å²) in [4.78, 5) is 0. The van der Waals surface area contributed by atoms with Gasteiger partial charge in [-0.05, 0) is 42.5 Å². The fourth-order valence-electron chi connectivity index (χ4n) is 2.92. The van der Waals surface area contributed by atoms with Crippen LogP contribution in [0.2, 0.25) is 10.0 Å². The number of H-pyrrole nitrogens is 1. The van der Waals surface area contributed by atoms with Gasteiger partial charge in [-0.15, -0.1) is 10.2 Å². The Morgan fingerprint density at radius 2 is 1.76 bits per heavy atom. The van der Waals surface area contributed by atoms with Crippen LogP contribution in [0.15, 0.2) is 58.8 Å². The van der Waals surface area contributed by atoms with Crippen LogP contribution in [0.4, 0.5) is 4.39 Å². The summed E-state index contributed by atoms with van der Waals surface area (Å²) in [7, 11) is 0. The number of hydrogen-bond donors (Lipinski definition) is 1. The molecule has 0 fully saturated rings. The Balaban J connectivity index is 1.52. The van der Waals surface area contributed by atoms with Crippen molar-refractivity contribution in [2.24, 2.45) is 5.10 Å². The number of nitrogens with one attached hydrogen (secondary N) is 1. The summed E-state index contributed by atoms with van der Waals surface area (Å²) in [5, 5.41) is 22.1. The first kappa shape index (κ1) is 18.4. The molecule has 0 bridgehead atoms. The minimum absolute atomic E-state index is 0.294. The number of aromatic nitrogens is 5. The number of fused-ring (bicyclic) bond motifs is 1. The maximum absolute atomic E-state index is 13.2. The van der Waals surface area contributed by atoms with Crippen LogP contribution < -0.4 is 0 Å². The van der Waals surface area contributed by atoms with E-state index in [1.807, 2.05) is 12.1 Å². The molecular weight excluding hydrogens is 434 g/mol. The molecule has 0 saturated carbocycles. The summed E-state index contributed by atoms with van der Waals surface area (Å²) in [6, 6.07) is 13.4. The zero-order valence-electron chi connectivity index (χ0n) is 14.6. The molecule has 5 rings (SSSR count). The minimum Gasteiger partial charge on any atom is -0.274 e. The zero-order chi connectivity index (χ0) is 20.0. The van der Waals surface area contributed by atoms with E-state index in [0.29, 0.717) is 38.2 Å². The first-order valence-corrected chi connectivity index (χ1v) is 10.3. The van der Waals surface area contributed by atoms with Gasteiger partial charge in [0.1, 0.15) is 11.5 Å². The van der Waals surface area contributed by atoms with Gasteiger partial charge in [-0.3, -0.25) is 5.10 Å². The molecule has 0 spiro atoms. The van der Waals surface area contributed by atoms with Crippen LogP contribution in [0, 0.1) is 5.82 Å². The lowest BCUT2D eigenvalue weighted by molar-refractivity contribution is 0.628. The highest BCUT2D eigenvalue weighted by Crippen LogP contribution is 2.31. The van der Waals surface area contributed by atoms with Gasteiger partial charge in [0.05, 0.1) is 21.5 Å². The first-order valence-electron chi connectivity index (χ1n) is 8.52. The molecule has 0 saturated heterocycles. The van der Waals surface area contributed by atoms with Crippen molar-refractivity contribution in [3.05, 3.63) is 70.0 Å². The van der Waals surface area contributed by atoms with E-state index < -0.39 is 0 Å². The van der Waals surface area contributed by atoms with Crippen LogP contribution in [0.25, 0.3) is 22.8 Å². The van der Waals surface area contributed by atoms with Gasteiger partial charge in [0.15, 0.2) is 0 Å². The van der Waals surface area contributed by atoms with Crippen LogP contribution in [0.1, 0.15) is 5.56 Å². The number of nitrogens with zero attached hydrogens (tertiary/aromatic N) is 5. The van der Waals surface area contributed by atoms with Crippen molar-refractivity contribution >= 4 is 40.7 Å². The monoisotopic (exact) mass is 444 g/mol. The predicted molar refractivity (Wildman–Crippen MR) is 112 cm³/mol. The standard InChI is InChI=1S/C19H11Cl2FN6S/c20-13-6-3-11(7-14(13)21)17-9-29-19-26-25-18(28(19)27-17)16-8-15(23-24-16)10-1-4-12(22)5-2-10/h1-8H,9H2,(H,23,24). The Morgan fingerprint density at radius 1 is 0.966 bits per heavy atom. The number of benzene rings is 2. The SMILES string of the molecule is Fc1ccc(-c2cc(-c3nnc4n3N=C(c3ccc(Cl)c(Cl)c3)CS4)[nH]n2)cc1. The quantitative estimate of drug-likeness (QED) is 0.474. The van der Waals surface area contributed by atoms with Crippen molar-refractivity contribution in [2.75, 3.05) is 5.75 Å². The summed E-state index contributed by atoms with van der Waals surface area (Å²) in [5.41, 5.74) is 3.84. The molecular formula is C19H11Cl2FN6S. The molecule has 0 aliphatic carbocycles. The molecule has 1 N–H and O–H groups in total. The molecule has 3 heterocycles. The van der Waals surface area contributed by atoms with Crippen molar-refractivity contribution < 1.29 is 4.39 Å². The summed E-state index contributed by atoms with van der Waals surface area (Å²) >= 11 is 13.7. The minimum atomic E-state index is -0.294. The van der Waals surface area contributed by atoms with Gasteiger partial charge >= 0.3 is 0 Å². The number of rotatable bonds is 3. The molecule has 0 atom stereocenters. The molecule has 6 nitrogen and oxygen atoms in total. The molecule has 144 valence electrons. The number of thioether (sulfide) groups is 1. The smallest absolute Gasteiger partial charge is 0.212 e. The molecule has 2 aromatic carbocycles. The fraction of sp³-hybridized carbons (Fsp3) is 0.0526. The van der Waals surface area contributed by atoms with E-state index in [2.05, 4.69) is 20.4 Å². The van der Waals surface area contributed by atoms with Crippen molar-refractivity contribution in [1.82, 2.24) is 25.1 Å². The molecule has 1 aliphatic rings. The molecule has 2 aromatic heterocycles. The molecule has 10 heteroatoms. The lowest BCUT2D eigenvalue weighted by Gasteiger charge is -2.14. The van der Waals surface area contributed by atoms with Gasteiger partial charge in [0.2, 0.25) is 11.0 Å². The Morgan fingerprint density at radius 3 is 2.55 bits per heavy atom. The second kappa shape index (κ2) is 7.29. The fourth-order valence-corrected chi connectivity index (χ4v) is 4.05. The van der Waals surface area contributed by atoms with Gasteiger partial charge in [-0.1, -0.05) is 41.0 Å². The van der Waals surface area contributed by atoms with E-state index >= 15 is 0 Å². The van der Waals surface area contributed by atoms with E-state index in [4.69, 9.17) is 28.3 Å². The molecule has 4 aromatic rings. The number of halogens is 3. The zero-order valence-corrected chi connectivity index (χ0v) is 16.9. The van der Waals surface area contributed by atoms with Gasteiger partial charge in [-0.2, -0.15) is 14.9 Å². The maximum atomic E-state index is 13.2. The van der Waals surface area contributed by atoms with Gasteiger partial charge < -0.3 is 0 Å². The number of aromatic amines is 1. The van der Waals surface area contributed by atoms with Crippen LogP contribution in [0.3, 0.4) is 0 Å². The molecule has 1 aliphatic heterocycles. The van der Waals surface area contributed by atoms with E-state index in [1.165, 1.54) is 23.9 Å². The third-order valence-corrected chi connectivity index (χ3v) is 6.05. The topological polar surface area (TPSA) is 71.8 Å². The Hall–Kier alpha value is -2.68. The Bertz CT molecular complexity index is 1250. The maximum Gasteiger partial charge on any atom is 0.212 e. The van der Waals surface area contributed by atoms with Crippen LogP contribution in [-0.2, 0) is 0 Å². The summed E-state index contributed by atoms with van der Waals surface area (Å²) in [5.74, 6) is 0.878. The Kier molecular flexibility index (Phi) is 4.61. The van der Waals surface area contributed by atoms with E-state index in [9.17, 15) is 4.39 Å². The third kappa shape index (κ3) is 3.43. The average Bonchev–Trinajstić information content (AvgIpc) is 3.37. The van der Waals surface area contributed by atoms with E-state index in [0.717, 1.165) is 16.8 Å². The van der Waals surface area contributed by atoms with Crippen molar-refractivity contribution in [1.29, 1.82) is 0 Å². The van der Waals surface area contributed by atoms with Crippen molar-refractivity contribution in [3.63, 3.8) is 0 Å². The van der Waals surface area contributed by atoms with Gasteiger partial charge in [-0.25, -0.2) is 4.39 Å². The highest BCUT2D eigenvalue weighted by Gasteiger charge is 2.22.